The van der Waals surface area contributed by atoms with Crippen LogP contribution in [-0.4, -0.2) is 21.9 Å². The summed E-state index contributed by atoms with van der Waals surface area (Å²) in [5, 5.41) is 10.8. The van der Waals surface area contributed by atoms with E-state index in [9.17, 15) is 5.11 Å². The second-order valence-electron chi connectivity index (χ2n) is 4.75. The molecule has 3 N–H and O–H groups in total. The molecular weight excluding hydrogens is 232 g/mol. The molecule has 1 saturated carbocycles. The monoisotopic (exact) mass is 252 g/mol. The molecule has 1 heterocycles. The Hall–Kier alpha value is -0.740. The zero-order valence-electron chi connectivity index (χ0n) is 10.0. The summed E-state index contributed by atoms with van der Waals surface area (Å²) in [6.07, 6.45) is 7.67. The zero-order valence-corrected chi connectivity index (χ0v) is 10.8. The molecule has 0 saturated heterocycles. The van der Waals surface area contributed by atoms with Crippen molar-refractivity contribution in [2.45, 2.75) is 43.2 Å². The van der Waals surface area contributed by atoms with Gasteiger partial charge < -0.3 is 10.8 Å². The van der Waals surface area contributed by atoms with E-state index in [1.165, 1.54) is 25.7 Å². The summed E-state index contributed by atoms with van der Waals surface area (Å²) in [4.78, 5) is 4.21. The Morgan fingerprint density at radius 1 is 1.47 bits per heavy atom. The van der Waals surface area contributed by atoms with Gasteiger partial charge in [0, 0.05) is 11.9 Å². The molecule has 3 nitrogen and oxygen atoms in total. The number of anilines is 1. The fourth-order valence-electron chi connectivity index (χ4n) is 2.40. The van der Waals surface area contributed by atoms with Gasteiger partial charge in [0.1, 0.15) is 5.03 Å². The molecule has 4 heteroatoms. The summed E-state index contributed by atoms with van der Waals surface area (Å²) in [6.45, 7) is 0. The molecule has 94 valence electrons. The molecule has 1 aromatic heterocycles. The number of aliphatic hydroxyl groups excluding tert-OH is 1. The van der Waals surface area contributed by atoms with Crippen molar-refractivity contribution in [2.75, 3.05) is 11.5 Å². The van der Waals surface area contributed by atoms with Crippen LogP contribution in [0.25, 0.3) is 0 Å². The van der Waals surface area contributed by atoms with Crippen molar-refractivity contribution < 1.29 is 5.11 Å². The number of aromatic nitrogens is 1. The Morgan fingerprint density at radius 2 is 2.24 bits per heavy atom. The maximum atomic E-state index is 9.97. The third-order valence-electron chi connectivity index (χ3n) is 3.29. The molecule has 0 aromatic carbocycles. The van der Waals surface area contributed by atoms with E-state index in [0.29, 0.717) is 11.4 Å². The molecule has 1 aliphatic carbocycles. The minimum Gasteiger partial charge on any atom is -0.397 e. The maximum absolute atomic E-state index is 9.97. The Balaban J connectivity index is 1.75. The van der Waals surface area contributed by atoms with E-state index >= 15 is 0 Å². The summed E-state index contributed by atoms with van der Waals surface area (Å²) in [5.74, 6) is 1.42. The number of nitrogen functional groups attached to an aromatic ring is 1. The zero-order chi connectivity index (χ0) is 12.1. The highest BCUT2D eigenvalue weighted by Crippen LogP contribution is 2.30. The predicted octanol–water partition coefficient (Wildman–Crippen LogP) is 2.70. The van der Waals surface area contributed by atoms with Gasteiger partial charge in [0.25, 0.3) is 0 Å². The van der Waals surface area contributed by atoms with E-state index in [4.69, 9.17) is 5.73 Å². The highest BCUT2D eigenvalue weighted by Gasteiger charge is 2.19. The second kappa shape index (κ2) is 6.26. The fourth-order valence-corrected chi connectivity index (χ4v) is 3.25. The molecule has 1 aliphatic rings. The van der Waals surface area contributed by atoms with Crippen molar-refractivity contribution in [1.29, 1.82) is 0 Å². The lowest BCUT2D eigenvalue weighted by molar-refractivity contribution is 0.165. The number of hydrogen-bond donors (Lipinski definition) is 2. The Morgan fingerprint density at radius 3 is 2.94 bits per heavy atom. The Labute approximate surface area is 107 Å². The van der Waals surface area contributed by atoms with Crippen molar-refractivity contribution in [1.82, 2.24) is 4.98 Å². The SMILES string of the molecule is Nc1cccnc1SCC(O)CC1CCCC1. The van der Waals surface area contributed by atoms with Crippen molar-refractivity contribution in [2.24, 2.45) is 5.92 Å². The molecule has 1 aromatic rings. The van der Waals surface area contributed by atoms with E-state index in [1.807, 2.05) is 12.1 Å². The second-order valence-corrected chi connectivity index (χ2v) is 5.76. The van der Waals surface area contributed by atoms with Gasteiger partial charge in [0.05, 0.1) is 11.8 Å². The van der Waals surface area contributed by atoms with Crippen LogP contribution in [0.3, 0.4) is 0 Å². The first-order valence-corrected chi connectivity index (χ1v) is 7.25. The van der Waals surface area contributed by atoms with Crippen LogP contribution in [0.1, 0.15) is 32.1 Å². The minimum absolute atomic E-state index is 0.232. The molecule has 1 unspecified atom stereocenters. The molecule has 0 spiro atoms. The van der Waals surface area contributed by atoms with Crippen LogP contribution in [0, 0.1) is 5.92 Å². The molecule has 1 fully saturated rings. The van der Waals surface area contributed by atoms with Gasteiger partial charge in [-0.25, -0.2) is 4.98 Å². The topological polar surface area (TPSA) is 59.1 Å². The van der Waals surface area contributed by atoms with Gasteiger partial charge in [-0.1, -0.05) is 25.7 Å². The van der Waals surface area contributed by atoms with Crippen molar-refractivity contribution in [3.8, 4) is 0 Å². The Kier molecular flexibility index (Phi) is 4.68. The Bertz CT molecular complexity index is 353. The average molecular weight is 252 g/mol. The molecule has 0 amide bonds. The maximum Gasteiger partial charge on any atom is 0.119 e. The first-order valence-electron chi connectivity index (χ1n) is 6.27. The fraction of sp³-hybridized carbons (Fsp3) is 0.615. The van der Waals surface area contributed by atoms with Crippen LogP contribution in [0.5, 0.6) is 0 Å². The largest absolute Gasteiger partial charge is 0.397 e. The van der Waals surface area contributed by atoms with Gasteiger partial charge in [-0.2, -0.15) is 0 Å². The van der Waals surface area contributed by atoms with Gasteiger partial charge in [-0.15, -0.1) is 11.8 Å². The first kappa shape index (κ1) is 12.7. The number of nitrogens with zero attached hydrogens (tertiary/aromatic N) is 1. The van der Waals surface area contributed by atoms with Crippen molar-refractivity contribution >= 4 is 17.4 Å². The van der Waals surface area contributed by atoms with Gasteiger partial charge in [0.15, 0.2) is 0 Å². The molecule has 17 heavy (non-hydrogen) atoms. The van der Waals surface area contributed by atoms with Crippen LogP contribution in [0.4, 0.5) is 5.69 Å². The smallest absolute Gasteiger partial charge is 0.119 e. The van der Waals surface area contributed by atoms with Crippen molar-refractivity contribution in [3.63, 3.8) is 0 Å². The number of aliphatic hydroxyl groups is 1. The van der Waals surface area contributed by atoms with Crippen molar-refractivity contribution in [3.05, 3.63) is 18.3 Å². The average Bonchev–Trinajstić information content (AvgIpc) is 2.81. The van der Waals surface area contributed by atoms with E-state index < -0.39 is 0 Å². The lowest BCUT2D eigenvalue weighted by atomic mass is 10.0. The number of rotatable bonds is 5. The molecule has 0 bridgehead atoms. The van der Waals surface area contributed by atoms with Gasteiger partial charge in [0.2, 0.25) is 0 Å². The third kappa shape index (κ3) is 3.89. The molecular formula is C13H20N2OS. The van der Waals surface area contributed by atoms with Crippen LogP contribution < -0.4 is 5.73 Å². The van der Waals surface area contributed by atoms with Crippen LogP contribution in [0.2, 0.25) is 0 Å². The van der Waals surface area contributed by atoms with Gasteiger partial charge >= 0.3 is 0 Å². The van der Waals surface area contributed by atoms with Crippen LogP contribution in [0.15, 0.2) is 23.4 Å². The highest BCUT2D eigenvalue weighted by molar-refractivity contribution is 7.99. The normalized spacial score (nSPS) is 18.4. The molecule has 0 radical (unpaired) electrons. The lowest BCUT2D eigenvalue weighted by Gasteiger charge is -2.14. The molecule has 2 rings (SSSR count). The van der Waals surface area contributed by atoms with Crippen LogP contribution >= 0.6 is 11.8 Å². The minimum atomic E-state index is -0.232. The summed E-state index contributed by atoms with van der Waals surface area (Å²) in [7, 11) is 0. The quantitative estimate of drug-likeness (QED) is 0.791. The lowest BCUT2D eigenvalue weighted by Crippen LogP contribution is -2.14. The highest BCUT2D eigenvalue weighted by atomic mass is 32.2. The van der Waals surface area contributed by atoms with E-state index in [-0.39, 0.29) is 6.10 Å². The summed E-state index contributed by atoms with van der Waals surface area (Å²) in [6, 6.07) is 3.67. The third-order valence-corrected chi connectivity index (χ3v) is 4.46. The van der Waals surface area contributed by atoms with E-state index in [0.717, 1.165) is 17.4 Å². The first-order chi connectivity index (χ1) is 8.25. The van der Waals surface area contributed by atoms with Gasteiger partial charge in [-0.3, -0.25) is 0 Å². The molecule has 0 aliphatic heterocycles. The molecule has 1 atom stereocenters. The van der Waals surface area contributed by atoms with E-state index in [2.05, 4.69) is 4.98 Å². The summed E-state index contributed by atoms with van der Waals surface area (Å²) in [5.41, 5.74) is 6.51. The number of nitrogens with two attached hydrogens (primary N) is 1. The summed E-state index contributed by atoms with van der Waals surface area (Å²) < 4.78 is 0. The predicted molar refractivity (Wildman–Crippen MR) is 72.0 cm³/mol. The standard InChI is InChI=1S/C13H20N2OS/c14-12-6-3-7-15-13(12)17-9-11(16)8-10-4-1-2-5-10/h3,6-7,10-11,16H,1-2,4-5,8-9,14H2. The van der Waals surface area contributed by atoms with E-state index in [1.54, 1.807) is 18.0 Å². The number of pyridine rings is 1. The number of hydrogen-bond acceptors (Lipinski definition) is 4. The number of thioether (sulfide) groups is 1. The van der Waals surface area contributed by atoms with Gasteiger partial charge in [-0.05, 0) is 24.5 Å². The van der Waals surface area contributed by atoms with Crippen LogP contribution in [-0.2, 0) is 0 Å². The summed E-state index contributed by atoms with van der Waals surface area (Å²) >= 11 is 1.55.